The SMILES string of the molecule is CCCCNCC(C)Sc1ccc(OC)cc1. The molecule has 1 rings (SSSR count). The first-order valence-corrected chi connectivity index (χ1v) is 7.15. The van der Waals surface area contributed by atoms with Crippen LogP contribution in [0.1, 0.15) is 26.7 Å². The predicted molar refractivity (Wildman–Crippen MR) is 76.1 cm³/mol. The van der Waals surface area contributed by atoms with E-state index in [9.17, 15) is 0 Å². The molecular formula is C14H23NOS. The highest BCUT2D eigenvalue weighted by molar-refractivity contribution is 8.00. The van der Waals surface area contributed by atoms with Crippen LogP contribution in [-0.4, -0.2) is 25.4 Å². The Morgan fingerprint density at radius 3 is 2.59 bits per heavy atom. The lowest BCUT2D eigenvalue weighted by atomic mass is 10.3. The van der Waals surface area contributed by atoms with Crippen molar-refractivity contribution in [2.24, 2.45) is 0 Å². The molecule has 0 aliphatic heterocycles. The fourth-order valence-electron chi connectivity index (χ4n) is 1.54. The van der Waals surface area contributed by atoms with Gasteiger partial charge in [-0.2, -0.15) is 0 Å². The van der Waals surface area contributed by atoms with Crippen LogP contribution in [0.4, 0.5) is 0 Å². The standard InChI is InChI=1S/C14H23NOS/c1-4-5-10-15-11-12(2)17-14-8-6-13(16-3)7-9-14/h6-9,12,15H,4-5,10-11H2,1-3H3. The monoisotopic (exact) mass is 253 g/mol. The summed E-state index contributed by atoms with van der Waals surface area (Å²) in [5.74, 6) is 0.920. The van der Waals surface area contributed by atoms with Gasteiger partial charge in [0.2, 0.25) is 0 Å². The van der Waals surface area contributed by atoms with E-state index in [0.29, 0.717) is 5.25 Å². The highest BCUT2D eigenvalue weighted by Crippen LogP contribution is 2.24. The van der Waals surface area contributed by atoms with Crippen LogP contribution in [0.25, 0.3) is 0 Å². The van der Waals surface area contributed by atoms with Crippen LogP contribution in [0.15, 0.2) is 29.2 Å². The van der Waals surface area contributed by atoms with E-state index in [1.54, 1.807) is 7.11 Å². The number of rotatable bonds is 8. The Kier molecular flexibility index (Phi) is 7.13. The van der Waals surface area contributed by atoms with E-state index in [2.05, 4.69) is 31.3 Å². The molecule has 0 heterocycles. The van der Waals surface area contributed by atoms with Crippen LogP contribution < -0.4 is 10.1 Å². The number of ether oxygens (including phenoxy) is 1. The minimum absolute atomic E-state index is 0.597. The van der Waals surface area contributed by atoms with Crippen molar-refractivity contribution in [2.45, 2.75) is 36.8 Å². The summed E-state index contributed by atoms with van der Waals surface area (Å²) in [5, 5.41) is 4.08. The zero-order chi connectivity index (χ0) is 12.5. The summed E-state index contributed by atoms with van der Waals surface area (Å²) >= 11 is 1.90. The summed E-state index contributed by atoms with van der Waals surface area (Å²) in [7, 11) is 1.70. The molecule has 1 atom stereocenters. The van der Waals surface area contributed by atoms with Crippen LogP contribution in [-0.2, 0) is 0 Å². The van der Waals surface area contributed by atoms with Gasteiger partial charge in [0.25, 0.3) is 0 Å². The first-order valence-electron chi connectivity index (χ1n) is 6.27. The van der Waals surface area contributed by atoms with Crippen molar-refractivity contribution in [3.05, 3.63) is 24.3 Å². The van der Waals surface area contributed by atoms with Gasteiger partial charge in [-0.3, -0.25) is 0 Å². The molecule has 96 valence electrons. The smallest absolute Gasteiger partial charge is 0.118 e. The zero-order valence-electron chi connectivity index (χ0n) is 11.0. The van der Waals surface area contributed by atoms with Crippen molar-refractivity contribution in [3.8, 4) is 5.75 Å². The lowest BCUT2D eigenvalue weighted by molar-refractivity contribution is 0.414. The third-order valence-electron chi connectivity index (χ3n) is 2.54. The fourth-order valence-corrected chi connectivity index (χ4v) is 2.49. The molecule has 0 saturated carbocycles. The van der Waals surface area contributed by atoms with Gasteiger partial charge in [-0.1, -0.05) is 20.3 Å². The van der Waals surface area contributed by atoms with Gasteiger partial charge in [0.15, 0.2) is 0 Å². The molecule has 17 heavy (non-hydrogen) atoms. The van der Waals surface area contributed by atoms with Gasteiger partial charge in [-0.05, 0) is 37.2 Å². The first kappa shape index (κ1) is 14.4. The molecule has 1 unspecified atom stereocenters. The summed E-state index contributed by atoms with van der Waals surface area (Å²) < 4.78 is 5.14. The maximum atomic E-state index is 5.14. The van der Waals surface area contributed by atoms with Gasteiger partial charge < -0.3 is 10.1 Å². The maximum Gasteiger partial charge on any atom is 0.118 e. The Bertz CT molecular complexity index is 300. The normalized spacial score (nSPS) is 12.4. The van der Waals surface area contributed by atoms with Crippen molar-refractivity contribution in [3.63, 3.8) is 0 Å². The third kappa shape index (κ3) is 5.99. The van der Waals surface area contributed by atoms with Gasteiger partial charge in [-0.25, -0.2) is 0 Å². The summed E-state index contributed by atoms with van der Waals surface area (Å²) in [6.07, 6.45) is 2.52. The van der Waals surface area contributed by atoms with E-state index in [1.807, 2.05) is 23.9 Å². The average Bonchev–Trinajstić information content (AvgIpc) is 2.36. The Morgan fingerprint density at radius 2 is 2.00 bits per heavy atom. The fraction of sp³-hybridized carbons (Fsp3) is 0.571. The molecule has 1 aromatic rings. The first-order chi connectivity index (χ1) is 8.26. The van der Waals surface area contributed by atoms with Crippen LogP contribution >= 0.6 is 11.8 Å². The number of benzene rings is 1. The summed E-state index contributed by atoms with van der Waals surface area (Å²) in [6.45, 7) is 6.67. The van der Waals surface area contributed by atoms with Crippen LogP contribution in [0.5, 0.6) is 5.75 Å². The molecule has 0 radical (unpaired) electrons. The molecule has 1 N–H and O–H groups in total. The second-order valence-electron chi connectivity index (χ2n) is 4.16. The molecule has 0 fully saturated rings. The van der Waals surface area contributed by atoms with Crippen LogP contribution in [0.2, 0.25) is 0 Å². The number of hydrogen-bond donors (Lipinski definition) is 1. The van der Waals surface area contributed by atoms with Crippen molar-refractivity contribution >= 4 is 11.8 Å². The Hall–Kier alpha value is -0.670. The predicted octanol–water partition coefficient (Wildman–Crippen LogP) is 3.57. The molecule has 2 nitrogen and oxygen atoms in total. The molecule has 0 aliphatic carbocycles. The zero-order valence-corrected chi connectivity index (χ0v) is 11.8. The average molecular weight is 253 g/mol. The third-order valence-corrected chi connectivity index (χ3v) is 3.65. The summed E-state index contributed by atoms with van der Waals surface area (Å²) in [4.78, 5) is 1.30. The highest BCUT2D eigenvalue weighted by atomic mass is 32.2. The van der Waals surface area contributed by atoms with Crippen LogP contribution in [0.3, 0.4) is 0 Å². The maximum absolute atomic E-state index is 5.14. The lowest BCUT2D eigenvalue weighted by Crippen LogP contribution is -2.23. The molecule has 3 heteroatoms. The van der Waals surface area contributed by atoms with Crippen molar-refractivity contribution in [1.29, 1.82) is 0 Å². The Morgan fingerprint density at radius 1 is 1.29 bits per heavy atom. The molecule has 0 bridgehead atoms. The Balaban J connectivity index is 2.26. The van der Waals surface area contributed by atoms with Crippen molar-refractivity contribution in [2.75, 3.05) is 20.2 Å². The Labute approximate surface area is 109 Å². The molecule has 0 aliphatic rings. The second-order valence-corrected chi connectivity index (χ2v) is 5.67. The number of thioether (sulfide) groups is 1. The molecule has 1 aromatic carbocycles. The minimum Gasteiger partial charge on any atom is -0.497 e. The van der Waals surface area contributed by atoms with E-state index < -0.39 is 0 Å². The molecule has 0 spiro atoms. The van der Waals surface area contributed by atoms with Crippen molar-refractivity contribution in [1.82, 2.24) is 5.32 Å². The van der Waals surface area contributed by atoms with E-state index in [4.69, 9.17) is 4.74 Å². The highest BCUT2D eigenvalue weighted by Gasteiger charge is 2.03. The molecule has 0 amide bonds. The largest absolute Gasteiger partial charge is 0.497 e. The minimum atomic E-state index is 0.597. The number of methoxy groups -OCH3 is 1. The van der Waals surface area contributed by atoms with E-state index >= 15 is 0 Å². The van der Waals surface area contributed by atoms with Gasteiger partial charge in [0.05, 0.1) is 7.11 Å². The van der Waals surface area contributed by atoms with Crippen molar-refractivity contribution < 1.29 is 4.74 Å². The van der Waals surface area contributed by atoms with E-state index in [-0.39, 0.29) is 0 Å². The number of nitrogens with one attached hydrogen (secondary N) is 1. The van der Waals surface area contributed by atoms with E-state index in [1.165, 1.54) is 17.7 Å². The lowest BCUT2D eigenvalue weighted by Gasteiger charge is -2.12. The number of hydrogen-bond acceptors (Lipinski definition) is 3. The summed E-state index contributed by atoms with van der Waals surface area (Å²) in [5.41, 5.74) is 0. The van der Waals surface area contributed by atoms with Gasteiger partial charge in [-0.15, -0.1) is 11.8 Å². The van der Waals surface area contributed by atoms with Gasteiger partial charge in [0, 0.05) is 16.7 Å². The second kappa shape index (κ2) is 8.43. The topological polar surface area (TPSA) is 21.3 Å². The summed E-state index contributed by atoms with van der Waals surface area (Å²) in [6, 6.07) is 8.26. The molecule has 0 saturated heterocycles. The molecule has 0 aromatic heterocycles. The van der Waals surface area contributed by atoms with E-state index in [0.717, 1.165) is 18.8 Å². The van der Waals surface area contributed by atoms with Crippen LogP contribution in [0, 0.1) is 0 Å². The quantitative estimate of drug-likeness (QED) is 0.565. The van der Waals surface area contributed by atoms with Gasteiger partial charge in [0.1, 0.15) is 5.75 Å². The molecular weight excluding hydrogens is 230 g/mol. The van der Waals surface area contributed by atoms with Gasteiger partial charge >= 0.3 is 0 Å². The number of unbranched alkanes of at least 4 members (excludes halogenated alkanes) is 1.